The van der Waals surface area contributed by atoms with Crippen LogP contribution in [0.25, 0.3) is 0 Å². The maximum absolute atomic E-state index is 9.20. The first kappa shape index (κ1) is 16.7. The summed E-state index contributed by atoms with van der Waals surface area (Å²) in [6, 6.07) is 4.82. The van der Waals surface area contributed by atoms with Gasteiger partial charge in [0.15, 0.2) is 5.84 Å². The Hall–Kier alpha value is -1.38. The standard InChI is InChI=1S/C12H18ClN3O4/c13-10-3-8(11(14)16-20)1-2-9(10)4-15-12(5-17,6-18)7-19/h1-3,15,17-20H,4-7H2,(H2,14,16). The van der Waals surface area contributed by atoms with Gasteiger partial charge in [-0.3, -0.25) is 0 Å². The summed E-state index contributed by atoms with van der Waals surface area (Å²) in [5, 5.41) is 42.3. The molecule has 0 radical (unpaired) electrons. The number of nitrogens with two attached hydrogens (primary N) is 1. The van der Waals surface area contributed by atoms with Crippen molar-refractivity contribution < 1.29 is 20.5 Å². The molecule has 7 N–H and O–H groups in total. The van der Waals surface area contributed by atoms with E-state index in [1.54, 1.807) is 12.1 Å². The zero-order valence-corrected chi connectivity index (χ0v) is 11.5. The second-order valence-electron chi connectivity index (χ2n) is 4.40. The maximum atomic E-state index is 9.20. The van der Waals surface area contributed by atoms with Crippen LogP contribution >= 0.6 is 11.6 Å². The van der Waals surface area contributed by atoms with E-state index in [2.05, 4.69) is 10.5 Å². The molecule has 0 amide bonds. The molecule has 0 aliphatic heterocycles. The summed E-state index contributed by atoms with van der Waals surface area (Å²) in [6.45, 7) is -1.02. The monoisotopic (exact) mass is 303 g/mol. The second-order valence-corrected chi connectivity index (χ2v) is 4.81. The molecule has 0 aliphatic rings. The molecule has 7 nitrogen and oxygen atoms in total. The number of nitrogens with one attached hydrogen (secondary N) is 1. The minimum atomic E-state index is -1.17. The van der Waals surface area contributed by atoms with Crippen molar-refractivity contribution in [2.45, 2.75) is 12.1 Å². The van der Waals surface area contributed by atoms with Crippen LogP contribution in [0, 0.1) is 0 Å². The van der Waals surface area contributed by atoms with Crippen LogP contribution in [0.3, 0.4) is 0 Å². The van der Waals surface area contributed by atoms with Gasteiger partial charge in [0.2, 0.25) is 0 Å². The van der Waals surface area contributed by atoms with E-state index in [0.29, 0.717) is 16.1 Å². The molecule has 0 aliphatic carbocycles. The lowest BCUT2D eigenvalue weighted by atomic mass is 10.0. The van der Waals surface area contributed by atoms with Crippen LogP contribution in [0.4, 0.5) is 0 Å². The molecule has 20 heavy (non-hydrogen) atoms. The van der Waals surface area contributed by atoms with Crippen LogP contribution < -0.4 is 11.1 Å². The topological polar surface area (TPSA) is 131 Å². The highest BCUT2D eigenvalue weighted by atomic mass is 35.5. The third kappa shape index (κ3) is 3.81. The number of aliphatic hydroxyl groups excluding tert-OH is 3. The summed E-state index contributed by atoms with van der Waals surface area (Å²) in [4.78, 5) is 0. The molecule has 0 fully saturated rings. The maximum Gasteiger partial charge on any atom is 0.170 e. The molecule has 0 spiro atoms. The number of hydrogen-bond acceptors (Lipinski definition) is 6. The zero-order valence-electron chi connectivity index (χ0n) is 10.8. The van der Waals surface area contributed by atoms with E-state index in [0.717, 1.165) is 0 Å². The van der Waals surface area contributed by atoms with E-state index in [1.165, 1.54) is 6.07 Å². The van der Waals surface area contributed by atoms with Gasteiger partial charge in [-0.25, -0.2) is 0 Å². The molecule has 0 atom stereocenters. The molecule has 0 aromatic heterocycles. The van der Waals surface area contributed by atoms with Gasteiger partial charge in [-0.15, -0.1) is 0 Å². The first-order valence-electron chi connectivity index (χ1n) is 5.86. The number of oxime groups is 1. The minimum absolute atomic E-state index is 0.0539. The summed E-state index contributed by atoms with van der Waals surface area (Å²) in [6.07, 6.45) is 0. The number of aliphatic hydroxyl groups is 3. The first-order valence-corrected chi connectivity index (χ1v) is 6.23. The van der Waals surface area contributed by atoms with Crippen molar-refractivity contribution in [1.29, 1.82) is 0 Å². The Balaban J connectivity index is 2.84. The van der Waals surface area contributed by atoms with Gasteiger partial charge >= 0.3 is 0 Å². The van der Waals surface area contributed by atoms with Crippen LogP contribution in [-0.4, -0.2) is 51.7 Å². The van der Waals surface area contributed by atoms with Crippen LogP contribution in [0.5, 0.6) is 0 Å². The summed E-state index contributed by atoms with van der Waals surface area (Å²) in [5.41, 5.74) is 5.43. The quantitative estimate of drug-likeness (QED) is 0.170. The smallest absolute Gasteiger partial charge is 0.170 e. The highest BCUT2D eigenvalue weighted by Gasteiger charge is 2.27. The first-order chi connectivity index (χ1) is 9.51. The van der Waals surface area contributed by atoms with E-state index in [9.17, 15) is 15.3 Å². The van der Waals surface area contributed by atoms with Crippen molar-refractivity contribution in [2.24, 2.45) is 10.9 Å². The molecule has 0 bridgehead atoms. The summed E-state index contributed by atoms with van der Waals surface area (Å²) in [5.74, 6) is -0.0539. The van der Waals surface area contributed by atoms with Crippen molar-refractivity contribution in [3.63, 3.8) is 0 Å². The third-order valence-electron chi connectivity index (χ3n) is 3.02. The Morgan fingerprint density at radius 1 is 1.25 bits per heavy atom. The molecule has 0 unspecified atom stereocenters. The average Bonchev–Trinajstić information content (AvgIpc) is 2.49. The van der Waals surface area contributed by atoms with E-state index >= 15 is 0 Å². The van der Waals surface area contributed by atoms with E-state index in [1.807, 2.05) is 0 Å². The molecule has 1 rings (SSSR count). The van der Waals surface area contributed by atoms with Gasteiger partial charge in [-0.2, -0.15) is 0 Å². The number of hydrogen-bond donors (Lipinski definition) is 6. The molecule has 0 heterocycles. The average molecular weight is 304 g/mol. The highest BCUT2D eigenvalue weighted by molar-refractivity contribution is 6.31. The van der Waals surface area contributed by atoms with Crippen molar-refractivity contribution in [3.05, 3.63) is 34.3 Å². The SMILES string of the molecule is N/C(=N/O)c1ccc(CNC(CO)(CO)CO)c(Cl)c1. The van der Waals surface area contributed by atoms with Gasteiger partial charge < -0.3 is 31.6 Å². The predicted molar refractivity (Wildman–Crippen MR) is 74.8 cm³/mol. The molecule has 1 aromatic rings. The van der Waals surface area contributed by atoms with Crippen LogP contribution in [0.1, 0.15) is 11.1 Å². The third-order valence-corrected chi connectivity index (χ3v) is 3.37. The fourth-order valence-electron chi connectivity index (χ4n) is 1.51. The van der Waals surface area contributed by atoms with Crippen molar-refractivity contribution in [3.8, 4) is 0 Å². The Kier molecular flexibility index (Phi) is 6.18. The summed E-state index contributed by atoms with van der Waals surface area (Å²) < 4.78 is 0. The number of nitrogens with zero attached hydrogens (tertiary/aromatic N) is 1. The van der Waals surface area contributed by atoms with Crippen LogP contribution in [0.15, 0.2) is 23.4 Å². The van der Waals surface area contributed by atoms with E-state index in [4.69, 9.17) is 22.5 Å². The van der Waals surface area contributed by atoms with Gasteiger partial charge in [0.25, 0.3) is 0 Å². The fraction of sp³-hybridized carbons (Fsp3) is 0.417. The van der Waals surface area contributed by atoms with E-state index < -0.39 is 25.4 Å². The van der Waals surface area contributed by atoms with E-state index in [-0.39, 0.29) is 12.4 Å². The summed E-state index contributed by atoms with van der Waals surface area (Å²) >= 11 is 6.07. The fourth-order valence-corrected chi connectivity index (χ4v) is 1.76. The largest absolute Gasteiger partial charge is 0.409 e. The number of benzene rings is 1. The number of amidine groups is 1. The molecule has 0 saturated heterocycles. The molecular formula is C12H18ClN3O4. The lowest BCUT2D eigenvalue weighted by molar-refractivity contribution is 0.0414. The van der Waals surface area contributed by atoms with Crippen LogP contribution in [0.2, 0.25) is 5.02 Å². The van der Waals surface area contributed by atoms with Gasteiger partial charge in [0.1, 0.15) is 0 Å². The lowest BCUT2D eigenvalue weighted by Crippen LogP contribution is -2.54. The van der Waals surface area contributed by atoms with Crippen molar-refractivity contribution in [1.82, 2.24) is 5.32 Å². The Morgan fingerprint density at radius 2 is 1.85 bits per heavy atom. The Labute approximate surface area is 121 Å². The van der Waals surface area contributed by atoms with Gasteiger partial charge in [-0.1, -0.05) is 28.9 Å². The highest BCUT2D eigenvalue weighted by Crippen LogP contribution is 2.18. The molecule has 0 saturated carbocycles. The molecule has 1 aromatic carbocycles. The second kappa shape index (κ2) is 7.41. The zero-order chi connectivity index (χ0) is 15.2. The number of rotatable bonds is 7. The van der Waals surface area contributed by atoms with Gasteiger partial charge in [0, 0.05) is 17.1 Å². The molecule has 112 valence electrons. The van der Waals surface area contributed by atoms with Gasteiger partial charge in [-0.05, 0) is 11.6 Å². The minimum Gasteiger partial charge on any atom is -0.409 e. The predicted octanol–water partition coefficient (Wildman–Crippen LogP) is -0.760. The van der Waals surface area contributed by atoms with Gasteiger partial charge in [0.05, 0.1) is 25.4 Å². The normalized spacial score (nSPS) is 12.7. The van der Waals surface area contributed by atoms with Crippen molar-refractivity contribution >= 4 is 17.4 Å². The lowest BCUT2D eigenvalue weighted by Gasteiger charge is -2.29. The van der Waals surface area contributed by atoms with Crippen LogP contribution in [-0.2, 0) is 6.54 Å². The summed E-state index contributed by atoms with van der Waals surface area (Å²) in [7, 11) is 0. The van der Waals surface area contributed by atoms with Crippen molar-refractivity contribution in [2.75, 3.05) is 19.8 Å². The molecular weight excluding hydrogens is 286 g/mol. The Bertz CT molecular complexity index is 470. The Morgan fingerprint density at radius 3 is 2.30 bits per heavy atom. The number of halogens is 1. The molecule has 8 heteroatoms.